The molecule has 2 heterocycles. The van der Waals surface area contributed by atoms with Gasteiger partial charge in [0.25, 0.3) is 0 Å². The van der Waals surface area contributed by atoms with Gasteiger partial charge in [-0.25, -0.2) is 0 Å². The monoisotopic (exact) mass is 258 g/mol. The molecule has 3 rings (SSSR count). The molecule has 0 atom stereocenters. The molecule has 1 aromatic heterocycles. The van der Waals surface area contributed by atoms with E-state index in [1.807, 2.05) is 18.2 Å². The average Bonchev–Trinajstić information content (AvgIpc) is 2.61. The van der Waals surface area contributed by atoms with Crippen LogP contribution in [-0.4, -0.2) is 24.1 Å². The van der Waals surface area contributed by atoms with Gasteiger partial charge in [0.15, 0.2) is 11.5 Å². The summed E-state index contributed by atoms with van der Waals surface area (Å²) in [4.78, 5) is 15.3. The Kier molecular flexibility index (Phi) is 2.95. The first-order chi connectivity index (χ1) is 9.24. The van der Waals surface area contributed by atoms with Crippen molar-refractivity contribution in [2.45, 2.75) is 12.8 Å². The summed E-state index contributed by atoms with van der Waals surface area (Å²) in [6.45, 7) is 1.28. The highest BCUT2D eigenvalue weighted by atomic mass is 16.5. The van der Waals surface area contributed by atoms with E-state index < -0.39 is 5.91 Å². The third kappa shape index (κ3) is 2.31. The van der Waals surface area contributed by atoms with Gasteiger partial charge in [-0.3, -0.25) is 9.78 Å². The van der Waals surface area contributed by atoms with E-state index in [4.69, 9.17) is 15.2 Å². The van der Waals surface area contributed by atoms with Gasteiger partial charge in [0.1, 0.15) is 0 Å². The normalized spacial score (nSPS) is 14.1. The minimum Gasteiger partial charge on any atom is -0.490 e. The first-order valence-electron chi connectivity index (χ1n) is 6.19. The van der Waals surface area contributed by atoms with Crippen molar-refractivity contribution in [2.75, 3.05) is 13.2 Å². The predicted molar refractivity (Wildman–Crippen MR) is 70.2 cm³/mol. The van der Waals surface area contributed by atoms with Gasteiger partial charge in [-0.05, 0) is 23.6 Å². The van der Waals surface area contributed by atoms with Crippen molar-refractivity contribution < 1.29 is 14.3 Å². The van der Waals surface area contributed by atoms with Crippen molar-refractivity contribution in [3.8, 4) is 11.5 Å². The molecule has 1 aromatic carbocycles. The number of carbonyl (C=O) groups is 1. The van der Waals surface area contributed by atoms with Gasteiger partial charge in [0.2, 0.25) is 5.91 Å². The highest BCUT2D eigenvalue weighted by molar-refractivity contribution is 5.90. The third-order valence-electron chi connectivity index (χ3n) is 3.06. The lowest BCUT2D eigenvalue weighted by atomic mass is 10.1. The largest absolute Gasteiger partial charge is 0.490 e. The molecule has 1 amide bonds. The van der Waals surface area contributed by atoms with Gasteiger partial charge in [-0.1, -0.05) is 0 Å². The fourth-order valence-corrected chi connectivity index (χ4v) is 2.20. The van der Waals surface area contributed by atoms with Gasteiger partial charge in [-0.2, -0.15) is 0 Å². The lowest BCUT2D eigenvalue weighted by Crippen LogP contribution is -2.14. The highest BCUT2D eigenvalue weighted by Crippen LogP contribution is 2.35. The van der Waals surface area contributed by atoms with Gasteiger partial charge in [-0.15, -0.1) is 0 Å². The van der Waals surface area contributed by atoms with Gasteiger partial charge < -0.3 is 15.2 Å². The molecule has 0 fully saturated rings. The van der Waals surface area contributed by atoms with E-state index in [1.54, 1.807) is 6.20 Å². The van der Waals surface area contributed by atoms with Crippen LogP contribution >= 0.6 is 0 Å². The molecule has 0 saturated heterocycles. The van der Waals surface area contributed by atoms with Crippen LogP contribution in [0.15, 0.2) is 24.4 Å². The Morgan fingerprint density at radius 3 is 2.74 bits per heavy atom. The van der Waals surface area contributed by atoms with E-state index in [9.17, 15) is 4.79 Å². The molecule has 0 bridgehead atoms. The maximum absolute atomic E-state index is 11.1. The van der Waals surface area contributed by atoms with Gasteiger partial charge in [0, 0.05) is 18.0 Å². The molecule has 0 saturated carbocycles. The Balaban J connectivity index is 2.15. The Hall–Kier alpha value is -2.30. The number of aromatic nitrogens is 1. The number of primary amides is 1. The summed E-state index contributed by atoms with van der Waals surface area (Å²) in [6.07, 6.45) is 2.65. The average molecular weight is 258 g/mol. The maximum atomic E-state index is 11.1. The number of carbonyl (C=O) groups excluding carboxylic acids is 1. The molecule has 2 N–H and O–H groups in total. The van der Waals surface area contributed by atoms with Gasteiger partial charge in [0.05, 0.1) is 25.3 Å². The van der Waals surface area contributed by atoms with E-state index in [0.717, 1.165) is 22.9 Å². The Morgan fingerprint density at radius 1 is 1.26 bits per heavy atom. The lowest BCUT2D eigenvalue weighted by Gasteiger charge is -2.10. The number of fused-ring (bicyclic) bond motifs is 2. The number of nitrogens with two attached hydrogens (primary N) is 1. The molecule has 98 valence electrons. The molecule has 0 unspecified atom stereocenters. The van der Waals surface area contributed by atoms with E-state index in [1.165, 1.54) is 0 Å². The summed E-state index contributed by atoms with van der Waals surface area (Å²) < 4.78 is 11.3. The van der Waals surface area contributed by atoms with Crippen LogP contribution in [0.3, 0.4) is 0 Å². The van der Waals surface area contributed by atoms with Crippen molar-refractivity contribution in [2.24, 2.45) is 5.73 Å². The second-order valence-electron chi connectivity index (χ2n) is 4.47. The number of hydrogen-bond donors (Lipinski definition) is 1. The molecular weight excluding hydrogens is 244 g/mol. The molecule has 1 aliphatic rings. The van der Waals surface area contributed by atoms with Crippen LogP contribution in [0.1, 0.15) is 12.1 Å². The number of benzene rings is 1. The number of nitrogens with zero attached hydrogens (tertiary/aromatic N) is 1. The molecule has 0 aliphatic carbocycles. The molecule has 5 heteroatoms. The molecule has 19 heavy (non-hydrogen) atoms. The maximum Gasteiger partial charge on any atom is 0.223 e. The number of pyridine rings is 1. The van der Waals surface area contributed by atoms with Crippen LogP contribution in [0.25, 0.3) is 10.8 Å². The summed E-state index contributed by atoms with van der Waals surface area (Å²) >= 11 is 0. The van der Waals surface area contributed by atoms with Crippen LogP contribution in [0.4, 0.5) is 0 Å². The fourth-order valence-electron chi connectivity index (χ4n) is 2.20. The summed E-state index contributed by atoms with van der Waals surface area (Å²) in [5.41, 5.74) is 5.91. The summed E-state index contributed by atoms with van der Waals surface area (Å²) in [5, 5.41) is 1.85. The highest BCUT2D eigenvalue weighted by Gasteiger charge is 2.14. The quantitative estimate of drug-likeness (QED) is 0.884. The SMILES string of the molecule is NC(=O)Cc1nccc2cc3c(cc12)OCCCO3. The minimum atomic E-state index is -0.396. The van der Waals surface area contributed by atoms with E-state index in [2.05, 4.69) is 4.98 Å². The Morgan fingerprint density at radius 2 is 2.00 bits per heavy atom. The van der Waals surface area contributed by atoms with Crippen LogP contribution in [0, 0.1) is 0 Å². The summed E-state index contributed by atoms with van der Waals surface area (Å²) in [5.74, 6) is 1.04. The number of hydrogen-bond acceptors (Lipinski definition) is 4. The van der Waals surface area contributed by atoms with Crippen LogP contribution in [0.5, 0.6) is 11.5 Å². The van der Waals surface area contributed by atoms with Crippen molar-refractivity contribution >= 4 is 16.7 Å². The predicted octanol–water partition coefficient (Wildman–Crippen LogP) is 1.42. The first-order valence-corrected chi connectivity index (χ1v) is 6.19. The third-order valence-corrected chi connectivity index (χ3v) is 3.06. The second kappa shape index (κ2) is 4.76. The fraction of sp³-hybridized carbons (Fsp3) is 0.286. The number of rotatable bonds is 2. The van der Waals surface area contributed by atoms with Gasteiger partial charge >= 0.3 is 0 Å². The topological polar surface area (TPSA) is 74.4 Å². The van der Waals surface area contributed by atoms with E-state index in [0.29, 0.717) is 24.7 Å². The van der Waals surface area contributed by atoms with Crippen LogP contribution < -0.4 is 15.2 Å². The summed E-state index contributed by atoms with van der Waals surface area (Å²) in [7, 11) is 0. The minimum absolute atomic E-state index is 0.122. The molecular formula is C14H14N2O3. The zero-order valence-corrected chi connectivity index (χ0v) is 10.4. The van der Waals surface area contributed by atoms with Crippen molar-refractivity contribution in [1.82, 2.24) is 4.98 Å². The number of amides is 1. The van der Waals surface area contributed by atoms with Crippen molar-refractivity contribution in [1.29, 1.82) is 0 Å². The molecule has 0 radical (unpaired) electrons. The van der Waals surface area contributed by atoms with E-state index >= 15 is 0 Å². The Bertz CT molecular complexity index is 640. The van der Waals surface area contributed by atoms with E-state index in [-0.39, 0.29) is 6.42 Å². The van der Waals surface area contributed by atoms with Crippen LogP contribution in [0.2, 0.25) is 0 Å². The second-order valence-corrected chi connectivity index (χ2v) is 4.47. The molecule has 1 aliphatic heterocycles. The lowest BCUT2D eigenvalue weighted by molar-refractivity contribution is -0.117. The molecule has 0 spiro atoms. The standard InChI is InChI=1S/C14H14N2O3/c15-14(17)8-11-10-7-13-12(18-4-1-5-19-13)6-9(10)2-3-16-11/h2-3,6-7H,1,4-5,8H2,(H2,15,17). The smallest absolute Gasteiger partial charge is 0.223 e. The van der Waals surface area contributed by atoms with Crippen LogP contribution in [-0.2, 0) is 11.2 Å². The number of ether oxygens (including phenoxy) is 2. The Labute approximate surface area is 110 Å². The van der Waals surface area contributed by atoms with Crippen molar-refractivity contribution in [3.05, 3.63) is 30.1 Å². The molecule has 2 aromatic rings. The first kappa shape index (κ1) is 11.8. The zero-order valence-electron chi connectivity index (χ0n) is 10.4. The van der Waals surface area contributed by atoms with Crippen molar-refractivity contribution in [3.63, 3.8) is 0 Å². The molecule has 5 nitrogen and oxygen atoms in total. The zero-order chi connectivity index (χ0) is 13.2. The summed E-state index contributed by atoms with van der Waals surface area (Å²) in [6, 6.07) is 5.68.